The third kappa shape index (κ3) is 1.52. The molecule has 2 aromatic rings. The standard InChI is InChI=1S/C9H10N6/c10-8-7(9(11)15-12)13-5-3-1-2-4-6(5)14-8/h1-4H,12H2,(H2,10,14)(H2,11,15). The van der Waals surface area contributed by atoms with E-state index < -0.39 is 0 Å². The van der Waals surface area contributed by atoms with Gasteiger partial charge in [-0.15, -0.1) is 0 Å². The summed E-state index contributed by atoms with van der Waals surface area (Å²) in [5.74, 6) is 5.35. The van der Waals surface area contributed by atoms with Gasteiger partial charge in [-0.1, -0.05) is 12.1 Å². The highest BCUT2D eigenvalue weighted by molar-refractivity contribution is 6.00. The van der Waals surface area contributed by atoms with Crippen LogP contribution in [0.2, 0.25) is 0 Å². The molecule has 6 N–H and O–H groups in total. The van der Waals surface area contributed by atoms with Crippen molar-refractivity contribution in [3.05, 3.63) is 30.0 Å². The zero-order chi connectivity index (χ0) is 10.8. The number of anilines is 1. The molecule has 0 fully saturated rings. The summed E-state index contributed by atoms with van der Waals surface area (Å²) in [6.07, 6.45) is 0. The monoisotopic (exact) mass is 202 g/mol. The van der Waals surface area contributed by atoms with Crippen LogP contribution in [0, 0.1) is 0 Å². The van der Waals surface area contributed by atoms with Gasteiger partial charge in [0.15, 0.2) is 11.7 Å². The first kappa shape index (κ1) is 9.20. The second kappa shape index (κ2) is 3.41. The fourth-order valence-electron chi connectivity index (χ4n) is 1.26. The first-order valence-corrected chi connectivity index (χ1v) is 4.28. The number of rotatable bonds is 1. The topological polar surface area (TPSA) is 116 Å². The highest BCUT2D eigenvalue weighted by atomic mass is 15.2. The van der Waals surface area contributed by atoms with Crippen LogP contribution >= 0.6 is 0 Å². The number of fused-ring (bicyclic) bond motifs is 1. The van der Waals surface area contributed by atoms with Crippen molar-refractivity contribution >= 4 is 22.7 Å². The van der Waals surface area contributed by atoms with Gasteiger partial charge in [0.25, 0.3) is 0 Å². The minimum atomic E-state index is 0.0748. The molecule has 0 aliphatic carbocycles. The molecule has 1 aromatic carbocycles. The molecule has 0 aliphatic rings. The molecule has 1 aromatic heterocycles. The van der Waals surface area contributed by atoms with Crippen molar-refractivity contribution in [3.8, 4) is 0 Å². The number of nitrogens with zero attached hydrogens (tertiary/aromatic N) is 3. The SMILES string of the molecule is N/N=C(\N)c1nc2ccccc2nc1N. The Hall–Kier alpha value is -2.37. The van der Waals surface area contributed by atoms with Crippen molar-refractivity contribution < 1.29 is 0 Å². The Balaban J connectivity index is 2.72. The lowest BCUT2D eigenvalue weighted by molar-refractivity contribution is 1.19. The average molecular weight is 202 g/mol. The lowest BCUT2D eigenvalue weighted by Gasteiger charge is -2.04. The number of benzene rings is 1. The number of nitrogen functional groups attached to an aromatic ring is 1. The molecule has 0 bridgehead atoms. The summed E-state index contributed by atoms with van der Waals surface area (Å²) in [6, 6.07) is 7.34. The second-order valence-corrected chi connectivity index (χ2v) is 2.96. The normalized spacial score (nSPS) is 11.9. The molecule has 0 aliphatic heterocycles. The lowest BCUT2D eigenvalue weighted by atomic mass is 10.3. The number of amidine groups is 1. The molecular weight excluding hydrogens is 192 g/mol. The van der Waals surface area contributed by atoms with Crippen molar-refractivity contribution in [3.63, 3.8) is 0 Å². The smallest absolute Gasteiger partial charge is 0.172 e. The highest BCUT2D eigenvalue weighted by Crippen LogP contribution is 2.13. The van der Waals surface area contributed by atoms with E-state index in [0.29, 0.717) is 16.7 Å². The molecule has 0 radical (unpaired) electrons. The summed E-state index contributed by atoms with van der Waals surface area (Å²) in [5, 5.41) is 3.34. The van der Waals surface area contributed by atoms with Gasteiger partial charge in [0.2, 0.25) is 0 Å². The van der Waals surface area contributed by atoms with Crippen LogP contribution in [0.25, 0.3) is 11.0 Å². The maximum atomic E-state index is 5.67. The number of hydrogen-bond acceptors (Lipinski definition) is 5. The molecule has 0 unspecified atom stereocenters. The van der Waals surface area contributed by atoms with E-state index >= 15 is 0 Å². The fraction of sp³-hybridized carbons (Fsp3) is 0. The van der Waals surface area contributed by atoms with E-state index in [2.05, 4.69) is 15.1 Å². The largest absolute Gasteiger partial charge is 0.382 e. The molecule has 6 heteroatoms. The van der Waals surface area contributed by atoms with E-state index in [1.807, 2.05) is 24.3 Å². The average Bonchev–Trinajstić information content (AvgIpc) is 2.27. The molecule has 6 nitrogen and oxygen atoms in total. The van der Waals surface area contributed by atoms with E-state index in [1.165, 1.54) is 0 Å². The van der Waals surface area contributed by atoms with E-state index in [-0.39, 0.29) is 11.7 Å². The van der Waals surface area contributed by atoms with Crippen molar-refractivity contribution in [1.29, 1.82) is 0 Å². The molecule has 15 heavy (non-hydrogen) atoms. The maximum Gasteiger partial charge on any atom is 0.172 e. The Labute approximate surface area is 85.8 Å². The van der Waals surface area contributed by atoms with E-state index in [4.69, 9.17) is 17.3 Å². The number of hydrazone groups is 1. The minimum absolute atomic E-state index is 0.0748. The molecular formula is C9H10N6. The summed E-state index contributed by atoms with van der Waals surface area (Å²) in [7, 11) is 0. The summed E-state index contributed by atoms with van der Waals surface area (Å²) >= 11 is 0. The highest BCUT2D eigenvalue weighted by Gasteiger charge is 2.08. The van der Waals surface area contributed by atoms with E-state index in [9.17, 15) is 0 Å². The Kier molecular flexibility index (Phi) is 2.09. The van der Waals surface area contributed by atoms with Gasteiger partial charge in [0, 0.05) is 0 Å². The van der Waals surface area contributed by atoms with Gasteiger partial charge >= 0.3 is 0 Å². The fourth-order valence-corrected chi connectivity index (χ4v) is 1.26. The number of para-hydroxylation sites is 2. The maximum absolute atomic E-state index is 5.67. The van der Waals surface area contributed by atoms with E-state index in [0.717, 1.165) is 0 Å². The summed E-state index contributed by atoms with van der Waals surface area (Å²) in [6.45, 7) is 0. The third-order valence-corrected chi connectivity index (χ3v) is 1.98. The van der Waals surface area contributed by atoms with E-state index in [1.54, 1.807) is 0 Å². The van der Waals surface area contributed by atoms with Crippen LogP contribution in [0.1, 0.15) is 5.69 Å². The first-order valence-electron chi connectivity index (χ1n) is 4.28. The Morgan fingerprint density at radius 2 is 1.73 bits per heavy atom. The quantitative estimate of drug-likeness (QED) is 0.256. The van der Waals surface area contributed by atoms with Crippen LogP contribution in [-0.4, -0.2) is 15.8 Å². The van der Waals surface area contributed by atoms with Gasteiger partial charge in [-0.3, -0.25) is 0 Å². The zero-order valence-corrected chi connectivity index (χ0v) is 7.88. The Morgan fingerprint density at radius 1 is 1.13 bits per heavy atom. The minimum Gasteiger partial charge on any atom is -0.382 e. The molecule has 76 valence electrons. The van der Waals surface area contributed by atoms with Gasteiger partial charge in [-0.05, 0) is 12.1 Å². The van der Waals surface area contributed by atoms with Gasteiger partial charge in [0.05, 0.1) is 11.0 Å². The molecule has 0 atom stereocenters. The summed E-state index contributed by atoms with van der Waals surface area (Å²) in [4.78, 5) is 8.37. The van der Waals surface area contributed by atoms with Crippen LogP contribution in [-0.2, 0) is 0 Å². The van der Waals surface area contributed by atoms with Crippen LogP contribution in [0.5, 0.6) is 0 Å². The molecule has 0 saturated carbocycles. The third-order valence-electron chi connectivity index (χ3n) is 1.98. The Bertz CT molecular complexity index is 533. The summed E-state index contributed by atoms with van der Waals surface area (Å²) < 4.78 is 0. The molecule has 0 spiro atoms. The predicted molar refractivity (Wildman–Crippen MR) is 58.9 cm³/mol. The van der Waals surface area contributed by atoms with Crippen molar-refractivity contribution in [2.24, 2.45) is 16.7 Å². The molecule has 0 saturated heterocycles. The first-order chi connectivity index (χ1) is 7.22. The predicted octanol–water partition coefficient (Wildman–Crippen LogP) is -0.209. The van der Waals surface area contributed by atoms with Crippen LogP contribution < -0.4 is 17.3 Å². The van der Waals surface area contributed by atoms with Crippen LogP contribution in [0.15, 0.2) is 29.4 Å². The van der Waals surface area contributed by atoms with Crippen molar-refractivity contribution in [1.82, 2.24) is 9.97 Å². The number of aromatic nitrogens is 2. The number of nitrogens with two attached hydrogens (primary N) is 3. The van der Waals surface area contributed by atoms with Crippen molar-refractivity contribution in [2.45, 2.75) is 0 Å². The zero-order valence-electron chi connectivity index (χ0n) is 7.88. The van der Waals surface area contributed by atoms with Gasteiger partial charge in [-0.25, -0.2) is 9.97 Å². The molecule has 0 amide bonds. The van der Waals surface area contributed by atoms with Gasteiger partial charge in [0.1, 0.15) is 5.69 Å². The van der Waals surface area contributed by atoms with Crippen LogP contribution in [0.4, 0.5) is 5.82 Å². The van der Waals surface area contributed by atoms with Gasteiger partial charge in [-0.2, -0.15) is 5.10 Å². The summed E-state index contributed by atoms with van der Waals surface area (Å²) in [5.41, 5.74) is 12.9. The Morgan fingerprint density at radius 3 is 2.33 bits per heavy atom. The van der Waals surface area contributed by atoms with Crippen molar-refractivity contribution in [2.75, 3.05) is 5.73 Å². The second-order valence-electron chi connectivity index (χ2n) is 2.96. The molecule has 2 rings (SSSR count). The van der Waals surface area contributed by atoms with Gasteiger partial charge < -0.3 is 17.3 Å². The molecule has 1 heterocycles. The number of hydrogen-bond donors (Lipinski definition) is 3. The lowest BCUT2D eigenvalue weighted by Crippen LogP contribution is -2.20. The van der Waals surface area contributed by atoms with Crippen LogP contribution in [0.3, 0.4) is 0 Å².